The van der Waals surface area contributed by atoms with Gasteiger partial charge < -0.3 is 14.7 Å². The minimum absolute atomic E-state index is 0.146. The molecule has 2 heterocycles. The van der Waals surface area contributed by atoms with E-state index < -0.39 is 0 Å². The number of nitrogens with zero attached hydrogens (tertiary/aromatic N) is 3. The quantitative estimate of drug-likeness (QED) is 0.736. The summed E-state index contributed by atoms with van der Waals surface area (Å²) >= 11 is 0. The maximum absolute atomic E-state index is 12.9. The first-order valence-corrected chi connectivity index (χ1v) is 11.2. The van der Waals surface area contributed by atoms with Crippen LogP contribution in [0.4, 0.5) is 0 Å². The lowest BCUT2D eigenvalue weighted by Gasteiger charge is -2.42. The standard InChI is InChI=1S/C24H37N3O2/c1-19(2)17-23(28)27-15-11-22(12-16-27)26-13-9-21(10-14-26)24(29)25(3)18-20-7-5-4-6-8-20/h4-8,19,21-22H,9-18H2,1-3H3. The average Bonchev–Trinajstić information content (AvgIpc) is 2.73. The van der Waals surface area contributed by atoms with Crippen LogP contribution in [0.5, 0.6) is 0 Å². The Bertz CT molecular complexity index is 660. The fourth-order valence-corrected chi connectivity index (χ4v) is 4.72. The molecule has 1 aromatic carbocycles. The number of carbonyl (C=O) groups is 2. The minimum Gasteiger partial charge on any atom is -0.343 e. The van der Waals surface area contributed by atoms with Gasteiger partial charge in [-0.1, -0.05) is 44.2 Å². The van der Waals surface area contributed by atoms with Crippen LogP contribution >= 0.6 is 0 Å². The summed E-state index contributed by atoms with van der Waals surface area (Å²) in [6, 6.07) is 10.8. The highest BCUT2D eigenvalue weighted by Crippen LogP contribution is 2.26. The largest absolute Gasteiger partial charge is 0.343 e. The molecular weight excluding hydrogens is 362 g/mol. The van der Waals surface area contributed by atoms with Gasteiger partial charge in [0, 0.05) is 45.1 Å². The van der Waals surface area contributed by atoms with Crippen LogP contribution in [0.15, 0.2) is 30.3 Å². The number of benzene rings is 1. The Labute approximate surface area is 176 Å². The first-order chi connectivity index (χ1) is 13.9. The fourth-order valence-electron chi connectivity index (χ4n) is 4.72. The predicted octanol–water partition coefficient (Wildman–Crippen LogP) is 3.39. The van der Waals surface area contributed by atoms with Crippen molar-refractivity contribution in [3.05, 3.63) is 35.9 Å². The molecule has 0 atom stereocenters. The van der Waals surface area contributed by atoms with Gasteiger partial charge >= 0.3 is 0 Å². The van der Waals surface area contributed by atoms with E-state index in [1.54, 1.807) is 0 Å². The summed E-state index contributed by atoms with van der Waals surface area (Å²) in [4.78, 5) is 31.6. The van der Waals surface area contributed by atoms with Gasteiger partial charge in [0.1, 0.15) is 0 Å². The maximum atomic E-state index is 12.9. The Hall–Kier alpha value is -1.88. The first-order valence-electron chi connectivity index (χ1n) is 11.2. The SMILES string of the molecule is CC(C)CC(=O)N1CCC(N2CCC(C(=O)N(C)Cc3ccccc3)CC2)CC1. The molecule has 2 fully saturated rings. The van der Waals surface area contributed by atoms with Crippen LogP contribution in [0.25, 0.3) is 0 Å². The topological polar surface area (TPSA) is 43.9 Å². The van der Waals surface area contributed by atoms with Crippen molar-refractivity contribution in [2.24, 2.45) is 11.8 Å². The molecule has 2 aliphatic heterocycles. The van der Waals surface area contributed by atoms with E-state index in [0.29, 0.717) is 30.8 Å². The van der Waals surface area contributed by atoms with Crippen LogP contribution in [-0.4, -0.2) is 65.8 Å². The monoisotopic (exact) mass is 399 g/mol. The van der Waals surface area contributed by atoms with Gasteiger partial charge in [0.2, 0.25) is 11.8 Å². The molecule has 2 aliphatic rings. The minimum atomic E-state index is 0.146. The zero-order chi connectivity index (χ0) is 20.8. The molecule has 2 saturated heterocycles. The molecule has 160 valence electrons. The molecule has 0 bridgehead atoms. The van der Waals surface area contributed by atoms with Crippen LogP contribution in [0, 0.1) is 11.8 Å². The molecule has 5 nitrogen and oxygen atoms in total. The maximum Gasteiger partial charge on any atom is 0.225 e. The number of hydrogen-bond donors (Lipinski definition) is 0. The van der Waals surface area contributed by atoms with Crippen molar-refractivity contribution in [3.8, 4) is 0 Å². The molecule has 2 amide bonds. The Kier molecular flexibility index (Phi) is 7.70. The Morgan fingerprint density at radius 3 is 2.21 bits per heavy atom. The smallest absolute Gasteiger partial charge is 0.225 e. The van der Waals surface area contributed by atoms with Crippen molar-refractivity contribution < 1.29 is 9.59 Å². The summed E-state index contributed by atoms with van der Waals surface area (Å²) in [6.07, 6.45) is 4.69. The van der Waals surface area contributed by atoms with Crippen molar-refractivity contribution >= 4 is 11.8 Å². The third kappa shape index (κ3) is 6.05. The van der Waals surface area contributed by atoms with Crippen molar-refractivity contribution in [1.82, 2.24) is 14.7 Å². The van der Waals surface area contributed by atoms with Gasteiger partial charge in [-0.3, -0.25) is 9.59 Å². The molecule has 0 N–H and O–H groups in total. The van der Waals surface area contributed by atoms with Gasteiger partial charge in [-0.25, -0.2) is 0 Å². The second kappa shape index (κ2) is 10.2. The van der Waals surface area contributed by atoms with Crippen LogP contribution in [0.3, 0.4) is 0 Å². The molecule has 0 unspecified atom stereocenters. The second-order valence-electron chi connectivity index (χ2n) is 9.20. The van der Waals surface area contributed by atoms with E-state index in [4.69, 9.17) is 0 Å². The van der Waals surface area contributed by atoms with Crippen LogP contribution in [-0.2, 0) is 16.1 Å². The Balaban J connectivity index is 1.41. The summed E-state index contributed by atoms with van der Waals surface area (Å²) in [5.41, 5.74) is 1.18. The van der Waals surface area contributed by atoms with Crippen LogP contribution < -0.4 is 0 Å². The third-order valence-corrected chi connectivity index (χ3v) is 6.43. The first kappa shape index (κ1) is 21.8. The molecular formula is C24H37N3O2. The second-order valence-corrected chi connectivity index (χ2v) is 9.20. The van der Waals surface area contributed by atoms with E-state index in [-0.39, 0.29) is 11.8 Å². The fraction of sp³-hybridized carbons (Fsp3) is 0.667. The van der Waals surface area contributed by atoms with Crippen molar-refractivity contribution in [2.45, 2.75) is 58.5 Å². The molecule has 0 aromatic heterocycles. The summed E-state index contributed by atoms with van der Waals surface area (Å²) < 4.78 is 0. The summed E-state index contributed by atoms with van der Waals surface area (Å²) in [7, 11) is 1.92. The van der Waals surface area contributed by atoms with Crippen molar-refractivity contribution in [3.63, 3.8) is 0 Å². The highest BCUT2D eigenvalue weighted by Gasteiger charge is 2.32. The molecule has 3 rings (SSSR count). The summed E-state index contributed by atoms with van der Waals surface area (Å²) in [6.45, 7) is 8.66. The van der Waals surface area contributed by atoms with Gasteiger partial charge in [0.05, 0.1) is 0 Å². The van der Waals surface area contributed by atoms with E-state index in [0.717, 1.165) is 51.9 Å². The van der Waals surface area contributed by atoms with E-state index in [9.17, 15) is 9.59 Å². The van der Waals surface area contributed by atoms with Gasteiger partial charge in [-0.2, -0.15) is 0 Å². The molecule has 0 spiro atoms. The number of likely N-dealkylation sites (tertiary alicyclic amines) is 2. The number of carbonyl (C=O) groups excluding carboxylic acids is 2. The molecule has 0 aliphatic carbocycles. The van der Waals surface area contributed by atoms with Gasteiger partial charge in [0.25, 0.3) is 0 Å². The number of amides is 2. The number of piperidine rings is 2. The van der Waals surface area contributed by atoms with Crippen molar-refractivity contribution in [2.75, 3.05) is 33.2 Å². The average molecular weight is 400 g/mol. The number of hydrogen-bond acceptors (Lipinski definition) is 3. The highest BCUT2D eigenvalue weighted by molar-refractivity contribution is 5.78. The Morgan fingerprint density at radius 1 is 1.00 bits per heavy atom. The zero-order valence-electron chi connectivity index (χ0n) is 18.3. The lowest BCUT2D eigenvalue weighted by atomic mass is 9.92. The van der Waals surface area contributed by atoms with E-state index in [1.807, 2.05) is 35.0 Å². The van der Waals surface area contributed by atoms with E-state index >= 15 is 0 Å². The third-order valence-electron chi connectivity index (χ3n) is 6.43. The lowest BCUT2D eigenvalue weighted by Crippen LogP contribution is -2.50. The normalized spacial score (nSPS) is 19.5. The molecule has 29 heavy (non-hydrogen) atoms. The van der Waals surface area contributed by atoms with Crippen LogP contribution in [0.2, 0.25) is 0 Å². The molecule has 0 radical (unpaired) electrons. The summed E-state index contributed by atoms with van der Waals surface area (Å²) in [5.74, 6) is 1.16. The van der Waals surface area contributed by atoms with Gasteiger partial charge in [0.15, 0.2) is 0 Å². The number of rotatable bonds is 6. The van der Waals surface area contributed by atoms with E-state index in [2.05, 4.69) is 30.9 Å². The van der Waals surface area contributed by atoms with Gasteiger partial charge in [-0.15, -0.1) is 0 Å². The highest BCUT2D eigenvalue weighted by atomic mass is 16.2. The predicted molar refractivity (Wildman–Crippen MR) is 116 cm³/mol. The molecule has 5 heteroatoms. The summed E-state index contributed by atoms with van der Waals surface area (Å²) in [5, 5.41) is 0. The van der Waals surface area contributed by atoms with Gasteiger partial charge in [-0.05, 0) is 50.3 Å². The van der Waals surface area contributed by atoms with Crippen LogP contribution in [0.1, 0.15) is 51.5 Å². The molecule has 0 saturated carbocycles. The van der Waals surface area contributed by atoms with E-state index in [1.165, 1.54) is 5.56 Å². The lowest BCUT2D eigenvalue weighted by molar-refractivity contribution is -0.137. The molecule has 1 aromatic rings. The van der Waals surface area contributed by atoms with Crippen molar-refractivity contribution in [1.29, 1.82) is 0 Å². The zero-order valence-corrected chi connectivity index (χ0v) is 18.3. The Morgan fingerprint density at radius 2 is 1.62 bits per heavy atom.